The Kier molecular flexibility index (Phi) is 3.04. The predicted octanol–water partition coefficient (Wildman–Crippen LogP) is 1.11. The molecule has 1 aromatic carbocycles. The number of carbonyl (C=O) groups excluding carboxylic acids is 2. The van der Waals surface area contributed by atoms with Gasteiger partial charge in [0.15, 0.2) is 29.1 Å². The van der Waals surface area contributed by atoms with Gasteiger partial charge in [-0.05, 0) is 13.8 Å². The van der Waals surface area contributed by atoms with E-state index in [-0.39, 0.29) is 17.5 Å². The topological polar surface area (TPSA) is 96.4 Å². The molecule has 2 N–H and O–H groups in total. The number of hydrogen-bond donors (Lipinski definition) is 1. The van der Waals surface area contributed by atoms with Gasteiger partial charge in [-0.3, -0.25) is 14.2 Å². The summed E-state index contributed by atoms with van der Waals surface area (Å²) in [4.78, 5) is 27.8. The van der Waals surface area contributed by atoms with Gasteiger partial charge in [0.25, 0.3) is 0 Å². The van der Waals surface area contributed by atoms with Crippen LogP contribution in [0.15, 0.2) is 12.1 Å². The molecule has 1 aliphatic heterocycles. The summed E-state index contributed by atoms with van der Waals surface area (Å²) in [5, 5.41) is 0. The number of ketones is 2. The van der Waals surface area contributed by atoms with Crippen LogP contribution in [0.25, 0.3) is 11.0 Å². The van der Waals surface area contributed by atoms with Crippen LogP contribution < -0.4 is 15.2 Å². The van der Waals surface area contributed by atoms with Crippen molar-refractivity contribution in [3.63, 3.8) is 0 Å². The van der Waals surface area contributed by atoms with Gasteiger partial charge < -0.3 is 15.2 Å². The first-order chi connectivity index (χ1) is 9.99. The van der Waals surface area contributed by atoms with Gasteiger partial charge in [-0.25, -0.2) is 4.98 Å². The lowest BCUT2D eigenvalue weighted by molar-refractivity contribution is -0.129. The van der Waals surface area contributed by atoms with Crippen molar-refractivity contribution in [2.45, 2.75) is 19.9 Å². The molecule has 0 saturated carbocycles. The Morgan fingerprint density at radius 2 is 1.76 bits per heavy atom. The lowest BCUT2D eigenvalue weighted by atomic mass is 10.1. The van der Waals surface area contributed by atoms with Crippen molar-refractivity contribution in [1.82, 2.24) is 9.55 Å². The highest BCUT2D eigenvalue weighted by Gasteiger charge is 2.27. The molecule has 110 valence electrons. The quantitative estimate of drug-likeness (QED) is 0.850. The van der Waals surface area contributed by atoms with Gasteiger partial charge in [0.1, 0.15) is 13.2 Å². The number of fused-ring (bicyclic) bond motifs is 2. The van der Waals surface area contributed by atoms with Crippen LogP contribution in [-0.4, -0.2) is 34.3 Å². The smallest absolute Gasteiger partial charge is 0.202 e. The fourth-order valence-corrected chi connectivity index (χ4v) is 2.57. The minimum absolute atomic E-state index is 0.114. The van der Waals surface area contributed by atoms with Crippen LogP contribution in [0.2, 0.25) is 0 Å². The first-order valence-corrected chi connectivity index (χ1v) is 6.57. The summed E-state index contributed by atoms with van der Waals surface area (Å²) in [7, 11) is 0. The largest absolute Gasteiger partial charge is 0.486 e. The Morgan fingerprint density at radius 1 is 1.19 bits per heavy atom. The van der Waals surface area contributed by atoms with Crippen molar-refractivity contribution in [3.05, 3.63) is 12.1 Å². The highest BCUT2D eigenvalue weighted by atomic mass is 16.6. The number of ether oxygens (including phenoxy) is 2. The monoisotopic (exact) mass is 289 g/mol. The summed E-state index contributed by atoms with van der Waals surface area (Å²) in [6, 6.07) is 2.43. The third kappa shape index (κ3) is 2.10. The molecule has 0 aliphatic carbocycles. The molecule has 0 fully saturated rings. The van der Waals surface area contributed by atoms with E-state index < -0.39 is 6.04 Å². The number of nitrogens with zero attached hydrogens (tertiary/aromatic N) is 2. The van der Waals surface area contributed by atoms with E-state index in [4.69, 9.17) is 15.2 Å². The van der Waals surface area contributed by atoms with Crippen molar-refractivity contribution in [2.24, 2.45) is 0 Å². The van der Waals surface area contributed by atoms with Gasteiger partial charge in [0.2, 0.25) is 5.95 Å². The summed E-state index contributed by atoms with van der Waals surface area (Å²) in [6.07, 6.45) is 0. The lowest BCUT2D eigenvalue weighted by Gasteiger charge is -2.19. The number of carbonyl (C=O) groups is 2. The molecule has 0 unspecified atom stereocenters. The normalized spacial score (nSPS) is 13.7. The average Bonchev–Trinajstić information content (AvgIpc) is 2.72. The van der Waals surface area contributed by atoms with Gasteiger partial charge in [0.05, 0.1) is 11.0 Å². The molecular formula is C14H15N3O4. The number of nitrogen functional groups attached to an aromatic ring is 1. The molecule has 1 aliphatic rings. The van der Waals surface area contributed by atoms with Crippen LogP contribution in [0, 0.1) is 0 Å². The second kappa shape index (κ2) is 4.76. The van der Waals surface area contributed by atoms with Gasteiger partial charge in [-0.1, -0.05) is 0 Å². The zero-order chi connectivity index (χ0) is 15.1. The van der Waals surface area contributed by atoms with Crippen LogP contribution in [0.3, 0.4) is 0 Å². The molecule has 0 bridgehead atoms. The van der Waals surface area contributed by atoms with Crippen molar-refractivity contribution < 1.29 is 19.1 Å². The Hall–Kier alpha value is -2.57. The number of imidazole rings is 1. The van der Waals surface area contributed by atoms with Crippen LogP contribution in [-0.2, 0) is 9.59 Å². The van der Waals surface area contributed by atoms with E-state index >= 15 is 0 Å². The van der Waals surface area contributed by atoms with E-state index in [9.17, 15) is 9.59 Å². The third-order valence-corrected chi connectivity index (χ3v) is 3.41. The molecular weight excluding hydrogens is 274 g/mol. The number of Topliss-reactive ketones (excluding diaryl/α,β-unsaturated/α-hetero) is 2. The second-order valence-electron chi connectivity index (χ2n) is 4.95. The predicted molar refractivity (Wildman–Crippen MR) is 75.5 cm³/mol. The van der Waals surface area contributed by atoms with Crippen LogP contribution in [0.4, 0.5) is 5.95 Å². The SMILES string of the molecule is CC(=O)C(C(C)=O)n1c(N)nc2cc3c(cc21)OCCO3. The van der Waals surface area contributed by atoms with Gasteiger partial charge in [-0.15, -0.1) is 0 Å². The molecule has 1 aromatic heterocycles. The van der Waals surface area contributed by atoms with Crippen molar-refractivity contribution >= 4 is 28.5 Å². The number of aromatic nitrogens is 2. The van der Waals surface area contributed by atoms with Crippen LogP contribution in [0.5, 0.6) is 11.5 Å². The average molecular weight is 289 g/mol. The molecule has 2 heterocycles. The first-order valence-electron chi connectivity index (χ1n) is 6.57. The lowest BCUT2D eigenvalue weighted by Crippen LogP contribution is -2.25. The molecule has 7 heteroatoms. The fourth-order valence-electron chi connectivity index (χ4n) is 2.57. The molecule has 0 atom stereocenters. The summed E-state index contributed by atoms with van der Waals surface area (Å²) in [5.41, 5.74) is 7.03. The standard InChI is InChI=1S/C14H15N3O4/c1-7(18)13(8(2)19)17-10-6-12-11(20-3-4-21-12)5-9(10)16-14(17)15/h5-6,13H,3-4H2,1-2H3,(H2,15,16). The Bertz CT molecular complexity index is 736. The minimum atomic E-state index is -0.974. The van der Waals surface area contributed by atoms with E-state index in [1.165, 1.54) is 18.4 Å². The maximum Gasteiger partial charge on any atom is 0.202 e. The molecule has 0 saturated heterocycles. The van der Waals surface area contributed by atoms with Crippen molar-refractivity contribution in [2.75, 3.05) is 18.9 Å². The molecule has 0 amide bonds. The summed E-state index contributed by atoms with van der Waals surface area (Å²) in [5.74, 6) is 0.677. The summed E-state index contributed by atoms with van der Waals surface area (Å²) < 4.78 is 12.4. The minimum Gasteiger partial charge on any atom is -0.486 e. The highest BCUT2D eigenvalue weighted by molar-refractivity contribution is 6.04. The maximum atomic E-state index is 11.8. The Morgan fingerprint density at radius 3 is 2.33 bits per heavy atom. The van der Waals surface area contributed by atoms with E-state index in [0.29, 0.717) is 35.7 Å². The van der Waals surface area contributed by atoms with E-state index in [0.717, 1.165) is 0 Å². The molecule has 2 aromatic rings. The maximum absolute atomic E-state index is 11.8. The highest BCUT2D eigenvalue weighted by Crippen LogP contribution is 2.36. The third-order valence-electron chi connectivity index (χ3n) is 3.41. The number of nitrogens with two attached hydrogens (primary N) is 1. The summed E-state index contributed by atoms with van der Waals surface area (Å²) in [6.45, 7) is 3.63. The first kappa shape index (κ1) is 13.4. The number of rotatable bonds is 3. The van der Waals surface area contributed by atoms with Gasteiger partial charge in [-0.2, -0.15) is 0 Å². The summed E-state index contributed by atoms with van der Waals surface area (Å²) >= 11 is 0. The molecule has 7 nitrogen and oxygen atoms in total. The Labute approximate surface area is 120 Å². The van der Waals surface area contributed by atoms with E-state index in [2.05, 4.69) is 4.98 Å². The number of hydrogen-bond acceptors (Lipinski definition) is 6. The molecule has 3 rings (SSSR count). The van der Waals surface area contributed by atoms with E-state index in [1.54, 1.807) is 12.1 Å². The van der Waals surface area contributed by atoms with Gasteiger partial charge in [0, 0.05) is 12.1 Å². The van der Waals surface area contributed by atoms with Crippen LogP contribution >= 0.6 is 0 Å². The molecule has 0 radical (unpaired) electrons. The Balaban J connectivity index is 2.25. The second-order valence-corrected chi connectivity index (χ2v) is 4.95. The van der Waals surface area contributed by atoms with Crippen LogP contribution in [0.1, 0.15) is 19.9 Å². The van der Waals surface area contributed by atoms with Crippen molar-refractivity contribution in [1.29, 1.82) is 0 Å². The molecule has 0 spiro atoms. The fraction of sp³-hybridized carbons (Fsp3) is 0.357. The number of anilines is 1. The zero-order valence-corrected chi connectivity index (χ0v) is 11.8. The van der Waals surface area contributed by atoms with Gasteiger partial charge >= 0.3 is 0 Å². The number of benzene rings is 1. The van der Waals surface area contributed by atoms with Crippen molar-refractivity contribution in [3.8, 4) is 11.5 Å². The van der Waals surface area contributed by atoms with E-state index in [1.807, 2.05) is 0 Å². The zero-order valence-electron chi connectivity index (χ0n) is 11.8. The molecule has 21 heavy (non-hydrogen) atoms.